The standard InChI is InChI=1S/C16H13F2NO2/c17-11-6-3-7-12(18)14(11)16(21)19-15-10-5-2-1-4-9(10)8-13(15)20/h1-7,13,15,20H,8H2,(H,19,21). The summed E-state index contributed by atoms with van der Waals surface area (Å²) in [6.07, 6.45) is -0.401. The maximum Gasteiger partial charge on any atom is 0.257 e. The molecule has 1 amide bonds. The minimum atomic E-state index is -0.923. The van der Waals surface area contributed by atoms with E-state index in [4.69, 9.17) is 0 Å². The van der Waals surface area contributed by atoms with E-state index in [0.717, 1.165) is 23.3 Å². The number of fused-ring (bicyclic) bond motifs is 1. The number of amides is 1. The first-order valence-electron chi connectivity index (χ1n) is 6.58. The minimum absolute atomic E-state index is 0.404. The second-order valence-corrected chi connectivity index (χ2v) is 5.02. The van der Waals surface area contributed by atoms with Crippen LogP contribution in [0, 0.1) is 11.6 Å². The van der Waals surface area contributed by atoms with Gasteiger partial charge in [0.05, 0.1) is 12.1 Å². The number of hydrogen-bond acceptors (Lipinski definition) is 2. The lowest BCUT2D eigenvalue weighted by Gasteiger charge is -2.18. The number of carbonyl (C=O) groups is 1. The van der Waals surface area contributed by atoms with Crippen LogP contribution >= 0.6 is 0 Å². The summed E-state index contributed by atoms with van der Waals surface area (Å²) in [5.41, 5.74) is 1.06. The van der Waals surface area contributed by atoms with Gasteiger partial charge in [0, 0.05) is 6.42 Å². The van der Waals surface area contributed by atoms with Gasteiger partial charge in [-0.15, -0.1) is 0 Å². The molecular weight excluding hydrogens is 276 g/mol. The Morgan fingerprint density at radius 1 is 1.10 bits per heavy atom. The summed E-state index contributed by atoms with van der Waals surface area (Å²) in [7, 11) is 0. The molecule has 0 aromatic heterocycles. The smallest absolute Gasteiger partial charge is 0.257 e. The van der Waals surface area contributed by atoms with Crippen LogP contribution in [0.2, 0.25) is 0 Å². The third kappa shape index (κ3) is 2.40. The van der Waals surface area contributed by atoms with E-state index in [9.17, 15) is 18.7 Å². The van der Waals surface area contributed by atoms with Crippen molar-refractivity contribution in [3.8, 4) is 0 Å². The number of aliphatic hydroxyl groups excluding tert-OH is 1. The van der Waals surface area contributed by atoms with Crippen LogP contribution in [0.1, 0.15) is 27.5 Å². The summed E-state index contributed by atoms with van der Waals surface area (Å²) in [6, 6.07) is 9.86. The first-order chi connectivity index (χ1) is 10.1. The fourth-order valence-corrected chi connectivity index (χ4v) is 2.68. The molecule has 0 saturated heterocycles. The predicted molar refractivity (Wildman–Crippen MR) is 72.7 cm³/mol. The molecule has 0 spiro atoms. The predicted octanol–water partition coefficient (Wildman–Crippen LogP) is 2.35. The van der Waals surface area contributed by atoms with Gasteiger partial charge in [-0.05, 0) is 23.3 Å². The molecule has 5 heteroatoms. The molecular formula is C16H13F2NO2. The Labute approximate surface area is 120 Å². The largest absolute Gasteiger partial charge is 0.390 e. The van der Waals surface area contributed by atoms with Crippen LogP contribution in [-0.2, 0) is 6.42 Å². The van der Waals surface area contributed by atoms with Gasteiger partial charge in [-0.2, -0.15) is 0 Å². The Balaban J connectivity index is 1.89. The maximum absolute atomic E-state index is 13.6. The number of carbonyl (C=O) groups excluding carboxylic acids is 1. The average Bonchev–Trinajstić information content (AvgIpc) is 2.75. The van der Waals surface area contributed by atoms with Crippen molar-refractivity contribution in [1.29, 1.82) is 0 Å². The van der Waals surface area contributed by atoms with Gasteiger partial charge in [0.25, 0.3) is 5.91 Å². The molecule has 0 radical (unpaired) electrons. The molecule has 0 heterocycles. The van der Waals surface area contributed by atoms with Crippen molar-refractivity contribution < 1.29 is 18.7 Å². The number of nitrogens with one attached hydrogen (secondary N) is 1. The topological polar surface area (TPSA) is 49.3 Å². The lowest BCUT2D eigenvalue weighted by atomic mass is 10.1. The van der Waals surface area contributed by atoms with Gasteiger partial charge in [-0.1, -0.05) is 30.3 Å². The molecule has 0 aliphatic heterocycles. The summed E-state index contributed by atoms with van der Waals surface area (Å²) in [5.74, 6) is -2.71. The Bertz CT molecular complexity index is 682. The third-order valence-corrected chi connectivity index (χ3v) is 3.68. The quantitative estimate of drug-likeness (QED) is 0.891. The summed E-state index contributed by atoms with van der Waals surface area (Å²) in [4.78, 5) is 12.1. The molecule has 3 nitrogen and oxygen atoms in total. The van der Waals surface area contributed by atoms with Crippen molar-refractivity contribution in [2.24, 2.45) is 0 Å². The molecule has 3 rings (SSSR count). The fraction of sp³-hybridized carbons (Fsp3) is 0.188. The van der Waals surface area contributed by atoms with Crippen LogP contribution < -0.4 is 5.32 Å². The van der Waals surface area contributed by atoms with Crippen molar-refractivity contribution in [3.63, 3.8) is 0 Å². The molecule has 2 aromatic carbocycles. The molecule has 2 N–H and O–H groups in total. The van der Waals surface area contributed by atoms with E-state index in [1.54, 1.807) is 12.1 Å². The number of halogens is 2. The Hall–Kier alpha value is -2.27. The Morgan fingerprint density at radius 3 is 2.48 bits per heavy atom. The Morgan fingerprint density at radius 2 is 1.76 bits per heavy atom. The highest BCUT2D eigenvalue weighted by atomic mass is 19.1. The summed E-state index contributed by atoms with van der Waals surface area (Å²) < 4.78 is 27.2. The van der Waals surface area contributed by atoms with E-state index in [0.29, 0.717) is 6.42 Å². The molecule has 2 unspecified atom stereocenters. The first-order valence-corrected chi connectivity index (χ1v) is 6.58. The normalized spacial score (nSPS) is 20.1. The van der Waals surface area contributed by atoms with E-state index in [1.165, 1.54) is 6.07 Å². The second-order valence-electron chi connectivity index (χ2n) is 5.02. The van der Waals surface area contributed by atoms with Gasteiger partial charge in [-0.3, -0.25) is 4.79 Å². The maximum atomic E-state index is 13.6. The minimum Gasteiger partial charge on any atom is -0.390 e. The van der Waals surface area contributed by atoms with Gasteiger partial charge in [-0.25, -0.2) is 8.78 Å². The third-order valence-electron chi connectivity index (χ3n) is 3.68. The van der Waals surface area contributed by atoms with Crippen LogP contribution in [-0.4, -0.2) is 17.1 Å². The van der Waals surface area contributed by atoms with Crippen LogP contribution in [0.3, 0.4) is 0 Å². The Kier molecular flexibility index (Phi) is 3.43. The fourth-order valence-electron chi connectivity index (χ4n) is 2.68. The molecule has 0 bridgehead atoms. The lowest BCUT2D eigenvalue weighted by Crippen LogP contribution is -2.34. The van der Waals surface area contributed by atoms with Crippen molar-refractivity contribution in [3.05, 3.63) is 70.8 Å². The highest BCUT2D eigenvalue weighted by Crippen LogP contribution is 2.31. The summed E-state index contributed by atoms with van der Waals surface area (Å²) in [6.45, 7) is 0. The van der Waals surface area contributed by atoms with E-state index in [2.05, 4.69) is 5.32 Å². The molecule has 1 aliphatic rings. The van der Waals surface area contributed by atoms with Crippen LogP contribution in [0.5, 0.6) is 0 Å². The molecule has 1 aliphatic carbocycles. The van der Waals surface area contributed by atoms with E-state index >= 15 is 0 Å². The van der Waals surface area contributed by atoms with Crippen LogP contribution in [0.4, 0.5) is 8.78 Å². The molecule has 2 atom stereocenters. The van der Waals surface area contributed by atoms with E-state index in [-0.39, 0.29) is 0 Å². The van der Waals surface area contributed by atoms with Crippen molar-refractivity contribution >= 4 is 5.91 Å². The number of aliphatic hydroxyl groups is 1. The summed E-state index contributed by atoms with van der Waals surface area (Å²) in [5, 5.41) is 12.6. The van der Waals surface area contributed by atoms with Crippen molar-refractivity contribution in [2.45, 2.75) is 18.6 Å². The number of benzene rings is 2. The zero-order valence-electron chi connectivity index (χ0n) is 11.0. The number of rotatable bonds is 2. The second kappa shape index (κ2) is 5.26. The number of hydrogen-bond donors (Lipinski definition) is 2. The monoisotopic (exact) mass is 289 g/mol. The molecule has 0 saturated carbocycles. The molecule has 108 valence electrons. The van der Waals surface area contributed by atoms with Gasteiger partial charge >= 0.3 is 0 Å². The highest BCUT2D eigenvalue weighted by molar-refractivity contribution is 5.95. The molecule has 21 heavy (non-hydrogen) atoms. The van der Waals surface area contributed by atoms with Gasteiger partial charge in [0.2, 0.25) is 0 Å². The lowest BCUT2D eigenvalue weighted by molar-refractivity contribution is 0.0850. The van der Waals surface area contributed by atoms with Crippen LogP contribution in [0.25, 0.3) is 0 Å². The van der Waals surface area contributed by atoms with Crippen molar-refractivity contribution in [1.82, 2.24) is 5.32 Å². The van der Waals surface area contributed by atoms with Gasteiger partial charge in [0.15, 0.2) is 0 Å². The molecule has 2 aromatic rings. The zero-order chi connectivity index (χ0) is 15.0. The highest BCUT2D eigenvalue weighted by Gasteiger charge is 2.33. The summed E-state index contributed by atoms with van der Waals surface area (Å²) >= 11 is 0. The first kappa shape index (κ1) is 13.7. The van der Waals surface area contributed by atoms with Gasteiger partial charge < -0.3 is 10.4 Å². The van der Waals surface area contributed by atoms with Gasteiger partial charge in [0.1, 0.15) is 17.2 Å². The van der Waals surface area contributed by atoms with E-state index in [1.807, 2.05) is 12.1 Å². The molecule has 0 fully saturated rings. The average molecular weight is 289 g/mol. The zero-order valence-corrected chi connectivity index (χ0v) is 11.0. The van der Waals surface area contributed by atoms with Crippen molar-refractivity contribution in [2.75, 3.05) is 0 Å². The SMILES string of the molecule is O=C(NC1c2ccccc2CC1O)c1c(F)cccc1F. The van der Waals surface area contributed by atoms with Crippen LogP contribution in [0.15, 0.2) is 42.5 Å². The van der Waals surface area contributed by atoms with E-state index < -0.39 is 35.3 Å².